The Morgan fingerprint density at radius 3 is 2.29 bits per heavy atom. The SMILES string of the molecule is C#Cc1ccc(S(=O)(=O)N2CCN(CC3CCN(c4ccncc4)CC3)C(=O)C2)cc1. The predicted octanol–water partition coefficient (Wildman–Crippen LogP) is 1.81. The van der Waals surface area contributed by atoms with Gasteiger partial charge in [0.2, 0.25) is 15.9 Å². The van der Waals surface area contributed by atoms with Crippen LogP contribution in [0.15, 0.2) is 53.7 Å². The van der Waals surface area contributed by atoms with Crippen molar-refractivity contribution in [2.75, 3.05) is 44.2 Å². The Labute approximate surface area is 183 Å². The molecule has 31 heavy (non-hydrogen) atoms. The summed E-state index contributed by atoms with van der Waals surface area (Å²) in [5, 5.41) is 0. The summed E-state index contributed by atoms with van der Waals surface area (Å²) in [6.07, 6.45) is 11.0. The Morgan fingerprint density at radius 1 is 1.00 bits per heavy atom. The first-order valence-electron chi connectivity index (χ1n) is 10.5. The molecule has 4 rings (SSSR count). The zero-order valence-electron chi connectivity index (χ0n) is 17.4. The van der Waals surface area contributed by atoms with Crippen LogP contribution in [0.3, 0.4) is 0 Å². The van der Waals surface area contributed by atoms with Gasteiger partial charge in [0.25, 0.3) is 0 Å². The lowest BCUT2D eigenvalue weighted by atomic mass is 9.95. The molecule has 8 heteroatoms. The number of amides is 1. The van der Waals surface area contributed by atoms with E-state index in [1.54, 1.807) is 24.5 Å². The molecule has 1 aromatic carbocycles. The largest absolute Gasteiger partial charge is 0.371 e. The molecule has 0 N–H and O–H groups in total. The monoisotopic (exact) mass is 438 g/mol. The zero-order valence-corrected chi connectivity index (χ0v) is 18.2. The quantitative estimate of drug-likeness (QED) is 0.666. The first-order valence-corrected chi connectivity index (χ1v) is 11.9. The molecule has 0 radical (unpaired) electrons. The summed E-state index contributed by atoms with van der Waals surface area (Å²) in [6.45, 7) is 3.20. The summed E-state index contributed by atoms with van der Waals surface area (Å²) in [6, 6.07) is 10.2. The van der Waals surface area contributed by atoms with Crippen LogP contribution >= 0.6 is 0 Å². The Bertz CT molecular complexity index is 1060. The Hall–Kier alpha value is -2.89. The molecular formula is C23H26N4O3S. The molecule has 7 nitrogen and oxygen atoms in total. The molecule has 0 bridgehead atoms. The van der Waals surface area contributed by atoms with Crippen molar-refractivity contribution in [1.82, 2.24) is 14.2 Å². The van der Waals surface area contributed by atoms with Crippen molar-refractivity contribution >= 4 is 21.6 Å². The standard InChI is InChI=1S/C23H26N4O3S/c1-2-19-3-5-22(6-4-19)31(29,30)27-16-15-26(23(28)18-27)17-20-9-13-25(14-10-20)21-7-11-24-12-8-21/h1,3-8,11-12,20H,9-10,13-18H2. The van der Waals surface area contributed by atoms with Crippen LogP contribution in [-0.4, -0.2) is 67.8 Å². The van der Waals surface area contributed by atoms with Gasteiger partial charge in [0.05, 0.1) is 11.4 Å². The molecule has 1 amide bonds. The van der Waals surface area contributed by atoms with Crippen LogP contribution in [-0.2, 0) is 14.8 Å². The number of anilines is 1. The highest BCUT2D eigenvalue weighted by molar-refractivity contribution is 7.89. The second kappa shape index (κ2) is 9.08. The summed E-state index contributed by atoms with van der Waals surface area (Å²) in [5.41, 5.74) is 1.80. The van der Waals surface area contributed by atoms with Gasteiger partial charge >= 0.3 is 0 Å². The summed E-state index contributed by atoms with van der Waals surface area (Å²) in [5.74, 6) is 2.77. The minimum atomic E-state index is -3.71. The number of pyridine rings is 1. The van der Waals surface area contributed by atoms with E-state index in [1.165, 1.54) is 22.1 Å². The van der Waals surface area contributed by atoms with E-state index in [1.807, 2.05) is 17.0 Å². The van der Waals surface area contributed by atoms with Crippen molar-refractivity contribution in [2.24, 2.45) is 5.92 Å². The van der Waals surface area contributed by atoms with Gasteiger partial charge in [-0.3, -0.25) is 9.78 Å². The number of piperidine rings is 1. The fraction of sp³-hybridized carbons (Fsp3) is 0.391. The van der Waals surface area contributed by atoms with E-state index in [0.29, 0.717) is 31.1 Å². The molecule has 2 aliphatic heterocycles. The van der Waals surface area contributed by atoms with Gasteiger partial charge in [-0.1, -0.05) is 5.92 Å². The summed E-state index contributed by atoms with van der Waals surface area (Å²) in [4.78, 5) is 21.1. The summed E-state index contributed by atoms with van der Waals surface area (Å²) in [7, 11) is -3.71. The van der Waals surface area contributed by atoms with E-state index < -0.39 is 10.0 Å². The van der Waals surface area contributed by atoms with Crippen molar-refractivity contribution in [1.29, 1.82) is 0 Å². The molecular weight excluding hydrogens is 412 g/mol. The van der Waals surface area contributed by atoms with Crippen LogP contribution < -0.4 is 4.90 Å². The van der Waals surface area contributed by atoms with Crippen LogP contribution in [0, 0.1) is 18.3 Å². The van der Waals surface area contributed by atoms with E-state index in [4.69, 9.17) is 6.42 Å². The number of benzene rings is 1. The second-order valence-corrected chi connectivity index (χ2v) is 9.92. The number of carbonyl (C=O) groups excluding carboxylic acids is 1. The number of nitrogens with zero attached hydrogens (tertiary/aromatic N) is 4. The molecule has 2 aliphatic rings. The molecule has 2 fully saturated rings. The lowest BCUT2D eigenvalue weighted by molar-refractivity contribution is -0.134. The minimum absolute atomic E-state index is 0.116. The number of sulfonamides is 1. The van der Waals surface area contributed by atoms with Crippen LogP contribution in [0.5, 0.6) is 0 Å². The van der Waals surface area contributed by atoms with Crippen molar-refractivity contribution in [3.63, 3.8) is 0 Å². The first kappa shape index (κ1) is 21.3. The van der Waals surface area contributed by atoms with Crippen LogP contribution in [0.1, 0.15) is 18.4 Å². The van der Waals surface area contributed by atoms with E-state index in [-0.39, 0.29) is 17.3 Å². The summed E-state index contributed by atoms with van der Waals surface area (Å²) >= 11 is 0. The van der Waals surface area contributed by atoms with Gasteiger partial charge in [0.15, 0.2) is 0 Å². The first-order chi connectivity index (χ1) is 15.0. The fourth-order valence-corrected chi connectivity index (χ4v) is 5.58. The van der Waals surface area contributed by atoms with Gasteiger partial charge in [-0.25, -0.2) is 8.42 Å². The molecule has 162 valence electrons. The molecule has 0 saturated carbocycles. The molecule has 0 unspecified atom stereocenters. The Morgan fingerprint density at radius 2 is 1.68 bits per heavy atom. The smallest absolute Gasteiger partial charge is 0.243 e. The number of piperazine rings is 1. The van der Waals surface area contributed by atoms with E-state index >= 15 is 0 Å². The maximum Gasteiger partial charge on any atom is 0.243 e. The summed E-state index contributed by atoms with van der Waals surface area (Å²) < 4.78 is 27.1. The van der Waals surface area contributed by atoms with Gasteiger partial charge in [0.1, 0.15) is 0 Å². The third kappa shape index (κ3) is 4.73. The third-order valence-electron chi connectivity index (χ3n) is 6.06. The van der Waals surface area contributed by atoms with Gasteiger partial charge in [0, 0.05) is 56.4 Å². The van der Waals surface area contributed by atoms with Gasteiger partial charge in [-0.2, -0.15) is 4.31 Å². The highest BCUT2D eigenvalue weighted by Crippen LogP contribution is 2.25. The normalized spacial score (nSPS) is 18.7. The van der Waals surface area contributed by atoms with Crippen LogP contribution in [0.4, 0.5) is 5.69 Å². The lowest BCUT2D eigenvalue weighted by Gasteiger charge is -2.38. The average Bonchev–Trinajstić information content (AvgIpc) is 2.81. The lowest BCUT2D eigenvalue weighted by Crippen LogP contribution is -2.53. The van der Waals surface area contributed by atoms with Crippen molar-refractivity contribution in [3.8, 4) is 12.3 Å². The number of rotatable bonds is 5. The molecule has 3 heterocycles. The molecule has 0 atom stereocenters. The third-order valence-corrected chi connectivity index (χ3v) is 7.92. The molecule has 1 aromatic heterocycles. The fourth-order valence-electron chi connectivity index (χ4n) is 4.20. The predicted molar refractivity (Wildman–Crippen MR) is 119 cm³/mol. The molecule has 2 aromatic rings. The zero-order chi connectivity index (χ0) is 21.8. The minimum Gasteiger partial charge on any atom is -0.371 e. The number of aromatic nitrogens is 1. The number of carbonyl (C=O) groups is 1. The molecule has 0 spiro atoms. The molecule has 0 aliphatic carbocycles. The van der Waals surface area contributed by atoms with E-state index in [0.717, 1.165) is 25.9 Å². The van der Waals surface area contributed by atoms with E-state index in [2.05, 4.69) is 15.8 Å². The van der Waals surface area contributed by atoms with Crippen molar-refractivity contribution in [3.05, 3.63) is 54.4 Å². The van der Waals surface area contributed by atoms with Gasteiger partial charge in [-0.15, -0.1) is 6.42 Å². The maximum atomic E-state index is 12.9. The maximum absolute atomic E-state index is 12.9. The van der Waals surface area contributed by atoms with Crippen molar-refractivity contribution < 1.29 is 13.2 Å². The topological polar surface area (TPSA) is 73.8 Å². The van der Waals surface area contributed by atoms with Crippen LogP contribution in [0.25, 0.3) is 0 Å². The van der Waals surface area contributed by atoms with Crippen molar-refractivity contribution in [2.45, 2.75) is 17.7 Å². The Kier molecular flexibility index (Phi) is 6.25. The van der Waals surface area contributed by atoms with Crippen LogP contribution in [0.2, 0.25) is 0 Å². The number of terminal acetylenes is 1. The number of hydrogen-bond donors (Lipinski definition) is 0. The van der Waals surface area contributed by atoms with E-state index in [9.17, 15) is 13.2 Å². The average molecular weight is 439 g/mol. The highest BCUT2D eigenvalue weighted by atomic mass is 32.2. The Balaban J connectivity index is 1.31. The second-order valence-electron chi connectivity index (χ2n) is 7.98. The van der Waals surface area contributed by atoms with Gasteiger partial charge in [-0.05, 0) is 55.2 Å². The van der Waals surface area contributed by atoms with Gasteiger partial charge < -0.3 is 9.80 Å². The number of hydrogen-bond acceptors (Lipinski definition) is 5. The molecule has 2 saturated heterocycles. The highest BCUT2D eigenvalue weighted by Gasteiger charge is 2.34.